The molecule has 0 aromatic rings. The maximum Gasteiger partial charge on any atom is 0.109 e. The fraction of sp³-hybridized carbons (Fsp3) is 0.929. The number of rotatable bonds is 6. The van der Waals surface area contributed by atoms with Crippen LogP contribution in [0.5, 0.6) is 0 Å². The van der Waals surface area contributed by atoms with Gasteiger partial charge in [-0.2, -0.15) is 5.26 Å². The Morgan fingerprint density at radius 1 is 1.44 bits per heavy atom. The van der Waals surface area contributed by atoms with Crippen LogP contribution in [0.2, 0.25) is 0 Å². The Balaban J connectivity index is 1.68. The summed E-state index contributed by atoms with van der Waals surface area (Å²) < 4.78 is 11.2. The Morgan fingerprint density at radius 2 is 2.33 bits per heavy atom. The van der Waals surface area contributed by atoms with Crippen LogP contribution in [0.3, 0.4) is 0 Å². The highest BCUT2D eigenvalue weighted by molar-refractivity contribution is 5.13. The van der Waals surface area contributed by atoms with Crippen LogP contribution in [0.25, 0.3) is 0 Å². The van der Waals surface area contributed by atoms with Gasteiger partial charge in [0.05, 0.1) is 18.8 Å². The first-order valence-electron chi connectivity index (χ1n) is 7.10. The summed E-state index contributed by atoms with van der Waals surface area (Å²) in [7, 11) is 1.90. The Bertz CT molecular complexity index is 297. The van der Waals surface area contributed by atoms with E-state index in [4.69, 9.17) is 9.47 Å². The first-order valence-corrected chi connectivity index (χ1v) is 7.10. The minimum Gasteiger partial charge on any atom is -0.379 e. The molecule has 3 atom stereocenters. The topological polar surface area (TPSA) is 54.3 Å². The minimum absolute atomic E-state index is 0.304. The molecule has 0 aromatic heterocycles. The van der Waals surface area contributed by atoms with Crippen molar-refractivity contribution in [3.8, 4) is 6.07 Å². The van der Waals surface area contributed by atoms with Crippen LogP contribution in [0.15, 0.2) is 0 Å². The van der Waals surface area contributed by atoms with Crippen molar-refractivity contribution in [3.63, 3.8) is 0 Å². The molecule has 2 fully saturated rings. The maximum absolute atomic E-state index is 9.34. The van der Waals surface area contributed by atoms with Gasteiger partial charge in [-0.1, -0.05) is 6.42 Å². The van der Waals surface area contributed by atoms with Crippen LogP contribution in [0, 0.1) is 17.2 Å². The molecule has 4 nitrogen and oxygen atoms in total. The zero-order valence-electron chi connectivity index (χ0n) is 11.3. The van der Waals surface area contributed by atoms with Crippen molar-refractivity contribution in [2.24, 2.45) is 5.92 Å². The Hall–Kier alpha value is -0.630. The molecule has 2 aliphatic rings. The summed E-state index contributed by atoms with van der Waals surface area (Å²) in [5.41, 5.74) is -0.312. The van der Waals surface area contributed by atoms with E-state index in [0.29, 0.717) is 18.6 Å². The average Bonchev–Trinajstić information content (AvgIpc) is 3.04. The van der Waals surface area contributed by atoms with E-state index in [9.17, 15) is 5.26 Å². The van der Waals surface area contributed by atoms with Gasteiger partial charge in [-0.3, -0.25) is 0 Å². The molecular weight excluding hydrogens is 228 g/mol. The van der Waals surface area contributed by atoms with E-state index < -0.39 is 0 Å². The van der Waals surface area contributed by atoms with E-state index in [1.165, 1.54) is 0 Å². The molecule has 1 saturated heterocycles. The predicted octanol–water partition coefficient (Wildman–Crippen LogP) is 1.85. The van der Waals surface area contributed by atoms with Crippen LogP contribution in [-0.4, -0.2) is 38.5 Å². The highest BCUT2D eigenvalue weighted by atomic mass is 16.5. The summed E-state index contributed by atoms with van der Waals surface area (Å²) in [5.74, 6) is 0.428. The lowest BCUT2D eigenvalue weighted by Crippen LogP contribution is -2.45. The fourth-order valence-electron chi connectivity index (χ4n) is 3.22. The molecule has 1 heterocycles. The van der Waals surface area contributed by atoms with Gasteiger partial charge in [-0.15, -0.1) is 0 Å². The van der Waals surface area contributed by atoms with Crippen molar-refractivity contribution in [1.29, 1.82) is 5.26 Å². The number of hydrogen-bond donors (Lipinski definition) is 1. The Morgan fingerprint density at radius 3 is 3.00 bits per heavy atom. The number of nitrogens with zero attached hydrogens (tertiary/aromatic N) is 1. The maximum atomic E-state index is 9.34. The van der Waals surface area contributed by atoms with Crippen molar-refractivity contribution < 1.29 is 9.47 Å². The third-order valence-corrected chi connectivity index (χ3v) is 4.40. The van der Waals surface area contributed by atoms with E-state index in [2.05, 4.69) is 11.4 Å². The quantitative estimate of drug-likeness (QED) is 0.733. The van der Waals surface area contributed by atoms with Crippen LogP contribution < -0.4 is 5.32 Å². The molecule has 1 saturated carbocycles. The molecule has 4 heteroatoms. The van der Waals surface area contributed by atoms with Gasteiger partial charge in [0, 0.05) is 13.2 Å². The molecule has 0 amide bonds. The van der Waals surface area contributed by atoms with E-state index >= 15 is 0 Å². The van der Waals surface area contributed by atoms with Gasteiger partial charge in [0.25, 0.3) is 0 Å². The SMILES string of the molecule is CNC1(C#N)CCCC1CCOCC1CCCO1. The van der Waals surface area contributed by atoms with Crippen molar-refractivity contribution in [2.75, 3.05) is 26.9 Å². The van der Waals surface area contributed by atoms with Gasteiger partial charge in [-0.05, 0) is 45.1 Å². The summed E-state index contributed by atoms with van der Waals surface area (Å²) in [6.07, 6.45) is 6.81. The summed E-state index contributed by atoms with van der Waals surface area (Å²) >= 11 is 0. The van der Waals surface area contributed by atoms with E-state index in [-0.39, 0.29) is 5.54 Å². The van der Waals surface area contributed by atoms with Gasteiger partial charge in [0.15, 0.2) is 0 Å². The molecule has 2 rings (SSSR count). The minimum atomic E-state index is -0.312. The zero-order valence-corrected chi connectivity index (χ0v) is 11.3. The standard InChI is InChI=1S/C14H24N2O2/c1-16-14(11-15)7-2-4-12(14)6-9-17-10-13-5-3-8-18-13/h12-13,16H,2-10H2,1H3. The second kappa shape index (κ2) is 6.51. The Labute approximate surface area is 110 Å². The molecule has 0 radical (unpaired) electrons. The lowest BCUT2D eigenvalue weighted by Gasteiger charge is -2.28. The summed E-state index contributed by atoms with van der Waals surface area (Å²) in [4.78, 5) is 0. The molecule has 3 unspecified atom stereocenters. The van der Waals surface area contributed by atoms with Crippen LogP contribution in [-0.2, 0) is 9.47 Å². The summed E-state index contributed by atoms with van der Waals surface area (Å²) in [5, 5.41) is 12.6. The number of ether oxygens (including phenoxy) is 2. The lowest BCUT2D eigenvalue weighted by molar-refractivity contribution is 0.0118. The van der Waals surface area contributed by atoms with Crippen LogP contribution >= 0.6 is 0 Å². The summed E-state index contributed by atoms with van der Waals surface area (Å²) in [6.45, 7) is 2.34. The second-order valence-corrected chi connectivity index (χ2v) is 5.42. The molecule has 0 aromatic carbocycles. The van der Waals surface area contributed by atoms with E-state index in [0.717, 1.165) is 51.7 Å². The van der Waals surface area contributed by atoms with Gasteiger partial charge < -0.3 is 14.8 Å². The monoisotopic (exact) mass is 252 g/mol. The van der Waals surface area contributed by atoms with Crippen molar-refractivity contribution >= 4 is 0 Å². The van der Waals surface area contributed by atoms with Crippen molar-refractivity contribution in [3.05, 3.63) is 0 Å². The molecule has 102 valence electrons. The van der Waals surface area contributed by atoms with Gasteiger partial charge in [0.1, 0.15) is 5.54 Å². The molecule has 1 aliphatic carbocycles. The highest BCUT2D eigenvalue weighted by Crippen LogP contribution is 2.37. The fourth-order valence-corrected chi connectivity index (χ4v) is 3.22. The molecule has 18 heavy (non-hydrogen) atoms. The predicted molar refractivity (Wildman–Crippen MR) is 69.2 cm³/mol. The number of nitriles is 1. The number of hydrogen-bond acceptors (Lipinski definition) is 4. The average molecular weight is 252 g/mol. The first-order chi connectivity index (χ1) is 8.80. The van der Waals surface area contributed by atoms with Crippen LogP contribution in [0.4, 0.5) is 0 Å². The van der Waals surface area contributed by atoms with Crippen LogP contribution in [0.1, 0.15) is 38.5 Å². The van der Waals surface area contributed by atoms with Gasteiger partial charge in [-0.25, -0.2) is 0 Å². The van der Waals surface area contributed by atoms with Crippen molar-refractivity contribution in [1.82, 2.24) is 5.32 Å². The van der Waals surface area contributed by atoms with Gasteiger partial charge >= 0.3 is 0 Å². The third-order valence-electron chi connectivity index (χ3n) is 4.40. The molecule has 1 N–H and O–H groups in total. The van der Waals surface area contributed by atoms with Crippen molar-refractivity contribution in [2.45, 2.75) is 50.2 Å². The first kappa shape index (κ1) is 13.8. The molecule has 1 aliphatic heterocycles. The normalized spacial score (nSPS) is 35.8. The third kappa shape index (κ3) is 3.03. The molecule has 0 bridgehead atoms. The smallest absolute Gasteiger partial charge is 0.109 e. The molecule has 0 spiro atoms. The highest BCUT2D eigenvalue weighted by Gasteiger charge is 2.41. The summed E-state index contributed by atoms with van der Waals surface area (Å²) in [6, 6.07) is 2.47. The van der Waals surface area contributed by atoms with Gasteiger partial charge in [0.2, 0.25) is 0 Å². The zero-order chi connectivity index (χ0) is 12.8. The largest absolute Gasteiger partial charge is 0.379 e. The van der Waals surface area contributed by atoms with E-state index in [1.807, 2.05) is 7.05 Å². The lowest BCUT2D eigenvalue weighted by atomic mass is 9.86. The molecular formula is C14H24N2O2. The van der Waals surface area contributed by atoms with E-state index in [1.54, 1.807) is 0 Å². The number of nitrogens with one attached hydrogen (secondary N) is 1. The Kier molecular flexibility index (Phi) is 4.99. The second-order valence-electron chi connectivity index (χ2n) is 5.42.